The summed E-state index contributed by atoms with van der Waals surface area (Å²) in [6.07, 6.45) is 3.95. The molecule has 1 saturated carbocycles. The third-order valence-corrected chi connectivity index (χ3v) is 3.27. The third kappa shape index (κ3) is 4.64. The lowest BCUT2D eigenvalue weighted by molar-refractivity contribution is -0.135. The Balaban J connectivity index is 2.23. The first-order chi connectivity index (χ1) is 8.21. The maximum atomic E-state index is 12.0. The average Bonchev–Trinajstić information content (AvgIpc) is 2.26. The van der Waals surface area contributed by atoms with Crippen LogP contribution in [0.3, 0.4) is 0 Å². The lowest BCUT2D eigenvalue weighted by Gasteiger charge is -2.35. The first-order valence-corrected chi connectivity index (χ1v) is 6.71. The topological polar surface area (TPSA) is 49.8 Å². The van der Waals surface area contributed by atoms with Gasteiger partial charge >= 0.3 is 0 Å². The Morgan fingerprint density at radius 3 is 2.59 bits per heavy atom. The molecule has 1 rings (SSSR count). The summed E-state index contributed by atoms with van der Waals surface area (Å²) in [7, 11) is 0. The molecule has 0 heterocycles. The number of aliphatic hydroxyl groups is 1. The molecule has 0 aromatic heterocycles. The van der Waals surface area contributed by atoms with E-state index in [1.165, 1.54) is 0 Å². The molecule has 1 aliphatic rings. The zero-order valence-electron chi connectivity index (χ0n) is 11.0. The van der Waals surface area contributed by atoms with Crippen LogP contribution in [0.5, 0.6) is 0 Å². The van der Waals surface area contributed by atoms with Crippen LogP contribution < -0.4 is 0 Å². The molecular weight excluding hydrogens is 218 g/mol. The standard InChI is InChI=1S/C13H25NO3/c1-3-5-14(6-7-15)13(16)10-11-8-12(9-11)17-4-2/h11-12,15H,3-10H2,1-2H3. The number of aliphatic hydroxyl groups excluding tert-OH is 1. The molecule has 0 aromatic rings. The number of carbonyl (C=O) groups excluding carboxylic acids is 1. The van der Waals surface area contributed by atoms with Crippen LogP contribution in [0.25, 0.3) is 0 Å². The van der Waals surface area contributed by atoms with E-state index in [-0.39, 0.29) is 12.5 Å². The number of nitrogens with zero attached hydrogens (tertiary/aromatic N) is 1. The summed E-state index contributed by atoms with van der Waals surface area (Å²) in [6, 6.07) is 0. The van der Waals surface area contributed by atoms with Crippen LogP contribution in [0, 0.1) is 5.92 Å². The number of rotatable bonds is 8. The van der Waals surface area contributed by atoms with E-state index in [1.54, 1.807) is 4.90 Å². The Hall–Kier alpha value is -0.610. The van der Waals surface area contributed by atoms with Gasteiger partial charge in [-0.1, -0.05) is 6.92 Å². The summed E-state index contributed by atoms with van der Waals surface area (Å²) in [5, 5.41) is 8.92. The SMILES string of the molecule is CCCN(CCO)C(=O)CC1CC(OCC)C1. The molecule has 0 aliphatic heterocycles. The van der Waals surface area contributed by atoms with Crippen LogP contribution in [-0.4, -0.2) is 48.3 Å². The van der Waals surface area contributed by atoms with Gasteiger partial charge in [0.25, 0.3) is 0 Å². The molecule has 0 aromatic carbocycles. The van der Waals surface area contributed by atoms with Crippen LogP contribution in [0.15, 0.2) is 0 Å². The van der Waals surface area contributed by atoms with Gasteiger partial charge in [-0.3, -0.25) is 4.79 Å². The van der Waals surface area contributed by atoms with Gasteiger partial charge in [-0.25, -0.2) is 0 Å². The fourth-order valence-electron chi connectivity index (χ4n) is 2.34. The minimum absolute atomic E-state index is 0.0535. The lowest BCUT2D eigenvalue weighted by atomic mass is 9.79. The Morgan fingerprint density at radius 1 is 1.35 bits per heavy atom. The predicted molar refractivity (Wildman–Crippen MR) is 66.7 cm³/mol. The van der Waals surface area contributed by atoms with Gasteiger partial charge in [0, 0.05) is 26.1 Å². The highest BCUT2D eigenvalue weighted by Gasteiger charge is 2.32. The second kappa shape index (κ2) is 7.67. The first-order valence-electron chi connectivity index (χ1n) is 6.71. The van der Waals surface area contributed by atoms with Crippen molar-refractivity contribution in [3.63, 3.8) is 0 Å². The fourth-order valence-corrected chi connectivity index (χ4v) is 2.34. The Kier molecular flexibility index (Phi) is 6.52. The van der Waals surface area contributed by atoms with Gasteiger partial charge in [-0.2, -0.15) is 0 Å². The minimum atomic E-state index is 0.0535. The molecule has 1 aliphatic carbocycles. The van der Waals surface area contributed by atoms with Gasteiger partial charge < -0.3 is 14.7 Å². The summed E-state index contributed by atoms with van der Waals surface area (Å²) < 4.78 is 5.48. The molecule has 4 nitrogen and oxygen atoms in total. The molecular formula is C13H25NO3. The number of hydrogen-bond donors (Lipinski definition) is 1. The largest absolute Gasteiger partial charge is 0.395 e. The third-order valence-electron chi connectivity index (χ3n) is 3.27. The highest BCUT2D eigenvalue weighted by atomic mass is 16.5. The van der Waals surface area contributed by atoms with Crippen LogP contribution >= 0.6 is 0 Å². The Morgan fingerprint density at radius 2 is 2.06 bits per heavy atom. The van der Waals surface area contributed by atoms with Gasteiger partial charge in [-0.05, 0) is 32.1 Å². The van der Waals surface area contributed by atoms with Gasteiger partial charge in [0.2, 0.25) is 5.91 Å². The molecule has 0 spiro atoms. The van der Waals surface area contributed by atoms with E-state index in [1.807, 2.05) is 13.8 Å². The molecule has 0 saturated heterocycles. The Bertz CT molecular complexity index is 221. The summed E-state index contributed by atoms with van der Waals surface area (Å²) in [4.78, 5) is 13.7. The van der Waals surface area contributed by atoms with Crippen molar-refractivity contribution in [2.45, 2.75) is 45.6 Å². The maximum absolute atomic E-state index is 12.0. The van der Waals surface area contributed by atoms with E-state index in [0.29, 0.717) is 25.0 Å². The van der Waals surface area contributed by atoms with Crippen molar-refractivity contribution in [1.29, 1.82) is 0 Å². The fraction of sp³-hybridized carbons (Fsp3) is 0.923. The predicted octanol–water partition coefficient (Wildman–Crippen LogP) is 1.42. The molecule has 0 atom stereocenters. The maximum Gasteiger partial charge on any atom is 0.222 e. The molecule has 100 valence electrons. The monoisotopic (exact) mass is 243 g/mol. The average molecular weight is 243 g/mol. The number of ether oxygens (including phenoxy) is 1. The summed E-state index contributed by atoms with van der Waals surface area (Å²) in [5.41, 5.74) is 0. The molecule has 4 heteroatoms. The van der Waals surface area contributed by atoms with E-state index >= 15 is 0 Å². The minimum Gasteiger partial charge on any atom is -0.395 e. The molecule has 17 heavy (non-hydrogen) atoms. The summed E-state index contributed by atoms with van der Waals surface area (Å²) in [5.74, 6) is 0.665. The van der Waals surface area contributed by atoms with Crippen LogP contribution in [0.4, 0.5) is 0 Å². The highest BCUT2D eigenvalue weighted by Crippen LogP contribution is 2.33. The molecule has 1 fully saturated rings. The van der Waals surface area contributed by atoms with Crippen molar-refractivity contribution in [3.8, 4) is 0 Å². The molecule has 1 N–H and O–H groups in total. The van der Waals surface area contributed by atoms with Crippen LogP contribution in [0.2, 0.25) is 0 Å². The zero-order valence-corrected chi connectivity index (χ0v) is 11.0. The number of hydrogen-bond acceptors (Lipinski definition) is 3. The Labute approximate surface area is 104 Å². The molecule has 0 bridgehead atoms. The summed E-state index contributed by atoms with van der Waals surface area (Å²) in [6.45, 7) is 6.08. The first kappa shape index (κ1) is 14.5. The molecule has 0 unspecified atom stereocenters. The highest BCUT2D eigenvalue weighted by molar-refractivity contribution is 5.76. The van der Waals surface area contributed by atoms with E-state index in [0.717, 1.165) is 32.4 Å². The van der Waals surface area contributed by atoms with Crippen molar-refractivity contribution in [2.75, 3.05) is 26.3 Å². The van der Waals surface area contributed by atoms with Gasteiger partial charge in [0.05, 0.1) is 12.7 Å². The van der Waals surface area contributed by atoms with E-state index in [2.05, 4.69) is 0 Å². The van der Waals surface area contributed by atoms with E-state index in [4.69, 9.17) is 9.84 Å². The van der Waals surface area contributed by atoms with Crippen LogP contribution in [-0.2, 0) is 9.53 Å². The zero-order chi connectivity index (χ0) is 12.7. The van der Waals surface area contributed by atoms with E-state index < -0.39 is 0 Å². The quantitative estimate of drug-likeness (QED) is 0.701. The smallest absolute Gasteiger partial charge is 0.222 e. The summed E-state index contributed by atoms with van der Waals surface area (Å²) >= 11 is 0. The van der Waals surface area contributed by atoms with Gasteiger partial charge in [0.15, 0.2) is 0 Å². The second-order valence-electron chi connectivity index (χ2n) is 4.72. The second-order valence-corrected chi connectivity index (χ2v) is 4.72. The number of amides is 1. The van der Waals surface area contributed by atoms with Gasteiger partial charge in [-0.15, -0.1) is 0 Å². The number of carbonyl (C=O) groups is 1. The van der Waals surface area contributed by atoms with Crippen molar-refractivity contribution >= 4 is 5.91 Å². The molecule has 0 radical (unpaired) electrons. The van der Waals surface area contributed by atoms with Crippen molar-refractivity contribution < 1.29 is 14.6 Å². The van der Waals surface area contributed by atoms with Gasteiger partial charge in [0.1, 0.15) is 0 Å². The van der Waals surface area contributed by atoms with Crippen molar-refractivity contribution in [3.05, 3.63) is 0 Å². The van der Waals surface area contributed by atoms with E-state index in [9.17, 15) is 4.79 Å². The lowest BCUT2D eigenvalue weighted by Crippen LogP contribution is -2.39. The normalized spacial score (nSPS) is 23.2. The molecule has 1 amide bonds. The van der Waals surface area contributed by atoms with Crippen LogP contribution in [0.1, 0.15) is 39.5 Å². The van der Waals surface area contributed by atoms with Crippen molar-refractivity contribution in [2.24, 2.45) is 5.92 Å². The van der Waals surface area contributed by atoms with Crippen molar-refractivity contribution in [1.82, 2.24) is 4.90 Å².